The van der Waals surface area contributed by atoms with Crippen LogP contribution < -0.4 is 9.64 Å². The summed E-state index contributed by atoms with van der Waals surface area (Å²) in [5.41, 5.74) is 2.00. The summed E-state index contributed by atoms with van der Waals surface area (Å²) in [5.74, 6) is -0.993. The molecule has 0 saturated heterocycles. The normalized spacial score (nSPS) is 10.2. The molecule has 23 heavy (non-hydrogen) atoms. The lowest BCUT2D eigenvalue weighted by Crippen LogP contribution is -2.26. The van der Waals surface area contributed by atoms with Crippen molar-refractivity contribution in [1.29, 1.82) is 0 Å². The molecule has 0 aliphatic rings. The van der Waals surface area contributed by atoms with Gasteiger partial charge >= 0.3 is 5.97 Å². The second-order valence-electron chi connectivity index (χ2n) is 5.01. The minimum Gasteiger partial charge on any atom is -0.482 e. The molecule has 0 fully saturated rings. The van der Waals surface area contributed by atoms with Gasteiger partial charge in [-0.25, -0.2) is 4.79 Å². The fourth-order valence-electron chi connectivity index (χ4n) is 1.97. The molecule has 1 N–H and O–H groups in total. The predicted octanol–water partition coefficient (Wildman–Crippen LogP) is 3.39. The topological polar surface area (TPSA) is 66.8 Å². The number of carboxylic acid groups (broad SMARTS) is 1. The zero-order valence-corrected chi connectivity index (χ0v) is 13.5. The molecule has 0 atom stereocenters. The van der Waals surface area contributed by atoms with Gasteiger partial charge in [0.25, 0.3) is 5.91 Å². The first-order valence-corrected chi connectivity index (χ1v) is 7.25. The number of carbonyl (C=O) groups is 2. The molecule has 0 unspecified atom stereocenters. The number of halogens is 1. The van der Waals surface area contributed by atoms with E-state index in [-0.39, 0.29) is 5.91 Å². The first-order valence-electron chi connectivity index (χ1n) is 6.87. The molecule has 0 bridgehead atoms. The highest BCUT2D eigenvalue weighted by Crippen LogP contribution is 2.24. The van der Waals surface area contributed by atoms with Crippen LogP contribution in [0.5, 0.6) is 5.75 Å². The first kappa shape index (κ1) is 16.8. The second-order valence-corrected chi connectivity index (χ2v) is 5.42. The number of aliphatic carboxylic acids is 1. The minimum atomic E-state index is -1.08. The highest BCUT2D eigenvalue weighted by atomic mass is 35.5. The van der Waals surface area contributed by atoms with E-state index in [4.69, 9.17) is 21.4 Å². The molecule has 0 spiro atoms. The molecular weight excluding hydrogens is 318 g/mol. The van der Waals surface area contributed by atoms with Gasteiger partial charge in [0.15, 0.2) is 6.61 Å². The van der Waals surface area contributed by atoms with Crippen molar-refractivity contribution in [1.82, 2.24) is 0 Å². The fraction of sp³-hybridized carbons (Fsp3) is 0.176. The van der Waals surface area contributed by atoms with Gasteiger partial charge in [0.05, 0.1) is 0 Å². The molecular formula is C17H16ClNO4. The Labute approximate surface area is 139 Å². The van der Waals surface area contributed by atoms with Crippen LogP contribution in [0.2, 0.25) is 5.02 Å². The summed E-state index contributed by atoms with van der Waals surface area (Å²) in [7, 11) is 1.65. The van der Waals surface area contributed by atoms with Crippen LogP contribution in [0.3, 0.4) is 0 Å². The molecule has 1 amide bonds. The Balaban J connectivity index is 2.20. The molecule has 0 aliphatic heterocycles. The predicted molar refractivity (Wildman–Crippen MR) is 88.5 cm³/mol. The second kappa shape index (κ2) is 7.15. The molecule has 2 aromatic carbocycles. The molecule has 2 rings (SSSR count). The molecule has 5 nitrogen and oxygen atoms in total. The van der Waals surface area contributed by atoms with Crippen molar-refractivity contribution in [3.8, 4) is 5.75 Å². The molecule has 0 heterocycles. The van der Waals surface area contributed by atoms with Gasteiger partial charge in [-0.05, 0) is 42.8 Å². The van der Waals surface area contributed by atoms with E-state index in [1.807, 2.05) is 19.1 Å². The van der Waals surface area contributed by atoms with Crippen molar-refractivity contribution in [3.63, 3.8) is 0 Å². The molecule has 0 radical (unpaired) electrons. The van der Waals surface area contributed by atoms with Gasteiger partial charge in [0.2, 0.25) is 0 Å². The van der Waals surface area contributed by atoms with Crippen LogP contribution in [-0.4, -0.2) is 30.6 Å². The van der Waals surface area contributed by atoms with Crippen molar-refractivity contribution < 1.29 is 19.4 Å². The van der Waals surface area contributed by atoms with Crippen molar-refractivity contribution in [3.05, 3.63) is 58.6 Å². The standard InChI is InChI=1S/C17H16ClNO4/c1-11-6-7-13(9-15(11)18)19(2)17(22)12-4-3-5-14(8-12)23-10-16(20)21/h3-9H,10H2,1-2H3,(H,20,21). The number of aryl methyl sites for hydroxylation is 1. The number of benzene rings is 2. The Morgan fingerprint density at radius 1 is 1.22 bits per heavy atom. The average molecular weight is 334 g/mol. The quantitative estimate of drug-likeness (QED) is 0.910. The monoisotopic (exact) mass is 333 g/mol. The lowest BCUT2D eigenvalue weighted by Gasteiger charge is -2.18. The maximum absolute atomic E-state index is 12.5. The van der Waals surface area contributed by atoms with Crippen LogP contribution in [-0.2, 0) is 4.79 Å². The Morgan fingerprint density at radius 3 is 2.61 bits per heavy atom. The molecule has 2 aromatic rings. The van der Waals surface area contributed by atoms with Crippen LogP contribution in [0, 0.1) is 6.92 Å². The highest BCUT2D eigenvalue weighted by molar-refractivity contribution is 6.31. The van der Waals surface area contributed by atoms with E-state index < -0.39 is 12.6 Å². The number of hydrogen-bond donors (Lipinski definition) is 1. The van der Waals surface area contributed by atoms with Crippen LogP contribution >= 0.6 is 11.6 Å². The zero-order chi connectivity index (χ0) is 17.0. The highest BCUT2D eigenvalue weighted by Gasteiger charge is 2.15. The molecule has 120 valence electrons. The third-order valence-electron chi connectivity index (χ3n) is 3.29. The van der Waals surface area contributed by atoms with Crippen molar-refractivity contribution in [2.24, 2.45) is 0 Å². The molecule has 0 aromatic heterocycles. The third kappa shape index (κ3) is 4.23. The van der Waals surface area contributed by atoms with Gasteiger partial charge in [0.1, 0.15) is 5.75 Å². The molecule has 6 heteroatoms. The Hall–Kier alpha value is -2.53. The number of carbonyl (C=O) groups excluding carboxylic acids is 1. The average Bonchev–Trinajstić information content (AvgIpc) is 2.54. The fourth-order valence-corrected chi connectivity index (χ4v) is 2.14. The van der Waals surface area contributed by atoms with Gasteiger partial charge in [0, 0.05) is 23.3 Å². The van der Waals surface area contributed by atoms with E-state index in [9.17, 15) is 9.59 Å². The summed E-state index contributed by atoms with van der Waals surface area (Å²) in [4.78, 5) is 24.5. The minimum absolute atomic E-state index is 0.245. The van der Waals surface area contributed by atoms with E-state index in [0.29, 0.717) is 22.0 Å². The Morgan fingerprint density at radius 2 is 1.96 bits per heavy atom. The lowest BCUT2D eigenvalue weighted by atomic mass is 10.1. The maximum Gasteiger partial charge on any atom is 0.341 e. The van der Waals surface area contributed by atoms with Crippen LogP contribution in [0.1, 0.15) is 15.9 Å². The van der Waals surface area contributed by atoms with Crippen molar-refractivity contribution >= 4 is 29.2 Å². The SMILES string of the molecule is Cc1ccc(N(C)C(=O)c2cccc(OCC(=O)O)c2)cc1Cl. The number of nitrogens with zero attached hydrogens (tertiary/aromatic N) is 1. The summed E-state index contributed by atoms with van der Waals surface area (Å²) in [6.07, 6.45) is 0. The van der Waals surface area contributed by atoms with E-state index >= 15 is 0 Å². The van der Waals surface area contributed by atoms with E-state index in [2.05, 4.69) is 0 Å². The van der Waals surface area contributed by atoms with Crippen LogP contribution in [0.4, 0.5) is 5.69 Å². The summed E-state index contributed by atoms with van der Waals surface area (Å²) >= 11 is 6.09. The van der Waals surface area contributed by atoms with Gasteiger partial charge in [-0.2, -0.15) is 0 Å². The van der Waals surface area contributed by atoms with Gasteiger partial charge < -0.3 is 14.7 Å². The van der Waals surface area contributed by atoms with Crippen LogP contribution in [0.15, 0.2) is 42.5 Å². The van der Waals surface area contributed by atoms with E-state index in [1.54, 1.807) is 31.3 Å². The van der Waals surface area contributed by atoms with Crippen molar-refractivity contribution in [2.45, 2.75) is 6.92 Å². The Kier molecular flexibility index (Phi) is 5.24. The number of rotatable bonds is 5. The maximum atomic E-state index is 12.5. The summed E-state index contributed by atoms with van der Waals surface area (Å²) in [5, 5.41) is 9.21. The Bertz CT molecular complexity index is 745. The lowest BCUT2D eigenvalue weighted by molar-refractivity contribution is -0.139. The van der Waals surface area contributed by atoms with Crippen LogP contribution in [0.25, 0.3) is 0 Å². The zero-order valence-electron chi connectivity index (χ0n) is 12.7. The number of carboxylic acids is 1. The molecule has 0 aliphatic carbocycles. The number of ether oxygens (including phenoxy) is 1. The van der Waals surface area contributed by atoms with Gasteiger partial charge in [-0.15, -0.1) is 0 Å². The summed E-state index contributed by atoms with van der Waals surface area (Å²) in [6.45, 7) is 1.43. The molecule has 0 saturated carbocycles. The van der Waals surface area contributed by atoms with Gasteiger partial charge in [-0.3, -0.25) is 4.79 Å². The van der Waals surface area contributed by atoms with E-state index in [0.717, 1.165) is 5.56 Å². The first-order chi connectivity index (χ1) is 10.9. The summed E-state index contributed by atoms with van der Waals surface area (Å²) < 4.78 is 5.09. The number of hydrogen-bond acceptors (Lipinski definition) is 3. The number of anilines is 1. The smallest absolute Gasteiger partial charge is 0.341 e. The third-order valence-corrected chi connectivity index (χ3v) is 3.70. The summed E-state index contributed by atoms with van der Waals surface area (Å²) in [6, 6.07) is 11.8. The number of amides is 1. The van der Waals surface area contributed by atoms with E-state index in [1.165, 1.54) is 11.0 Å². The largest absolute Gasteiger partial charge is 0.482 e. The van der Waals surface area contributed by atoms with Crippen molar-refractivity contribution in [2.75, 3.05) is 18.6 Å². The van der Waals surface area contributed by atoms with Gasteiger partial charge in [-0.1, -0.05) is 23.7 Å².